The minimum absolute atomic E-state index is 0.0660. The first-order valence-electron chi connectivity index (χ1n) is 7.64. The highest BCUT2D eigenvalue weighted by Crippen LogP contribution is 2.29. The summed E-state index contributed by atoms with van der Waals surface area (Å²) in [7, 11) is 0. The van der Waals surface area contributed by atoms with Crippen molar-refractivity contribution in [1.29, 1.82) is 0 Å². The van der Waals surface area contributed by atoms with Crippen LogP contribution in [-0.2, 0) is 6.54 Å². The van der Waals surface area contributed by atoms with Crippen molar-refractivity contribution in [2.24, 2.45) is 0 Å². The molecule has 25 heavy (non-hydrogen) atoms. The number of alkyl halides is 2. The Hall–Kier alpha value is -2.19. The van der Waals surface area contributed by atoms with E-state index in [0.29, 0.717) is 30.1 Å². The third-order valence-electron chi connectivity index (χ3n) is 3.58. The molecule has 0 radical (unpaired) electrons. The molecule has 1 heterocycles. The lowest BCUT2D eigenvalue weighted by atomic mass is 10.1. The Morgan fingerprint density at radius 1 is 1.32 bits per heavy atom. The van der Waals surface area contributed by atoms with Crippen LogP contribution < -0.4 is 21.3 Å². The van der Waals surface area contributed by atoms with Gasteiger partial charge in [-0.3, -0.25) is 9.78 Å². The molecule has 1 atom stereocenters. The summed E-state index contributed by atoms with van der Waals surface area (Å²) in [5.41, 5.74) is -0.391. The Kier molecular flexibility index (Phi) is 6.72. The highest BCUT2D eigenvalue weighted by Gasteiger charge is 2.15. The van der Waals surface area contributed by atoms with Crippen molar-refractivity contribution < 1.29 is 13.5 Å². The van der Waals surface area contributed by atoms with E-state index in [4.69, 9.17) is 11.6 Å². The zero-order valence-corrected chi connectivity index (χ0v) is 14.2. The van der Waals surface area contributed by atoms with Crippen LogP contribution in [0.1, 0.15) is 24.9 Å². The molecule has 2 N–H and O–H groups in total. The zero-order chi connectivity index (χ0) is 18.4. The fraction of sp³-hybridized carbons (Fsp3) is 0.375. The lowest BCUT2D eigenvalue weighted by Crippen LogP contribution is -2.30. The molecule has 0 aliphatic rings. The van der Waals surface area contributed by atoms with Crippen molar-refractivity contribution in [3.05, 3.63) is 61.9 Å². The standard InChI is InChI=1S/C16H18ClF2N3O3/c1-10(12-9-11(17)3-4-13(12)25-15(18)19)20-6-2-7-22-8-5-14(23)21-16(22)24/h3-5,8-10,15,20H,2,6-7H2,1H3,(H,21,23,24). The highest BCUT2D eigenvalue weighted by atomic mass is 35.5. The van der Waals surface area contributed by atoms with Gasteiger partial charge in [0.1, 0.15) is 5.75 Å². The van der Waals surface area contributed by atoms with Crippen molar-refractivity contribution in [3.63, 3.8) is 0 Å². The quantitative estimate of drug-likeness (QED) is 0.697. The number of aromatic amines is 1. The van der Waals surface area contributed by atoms with Gasteiger partial charge in [0.05, 0.1) is 0 Å². The molecule has 0 bridgehead atoms. The van der Waals surface area contributed by atoms with E-state index >= 15 is 0 Å². The average molecular weight is 374 g/mol. The Balaban J connectivity index is 1.93. The van der Waals surface area contributed by atoms with Crippen molar-refractivity contribution >= 4 is 11.6 Å². The van der Waals surface area contributed by atoms with Crippen LogP contribution >= 0.6 is 11.6 Å². The molecule has 0 fully saturated rings. The number of hydrogen-bond acceptors (Lipinski definition) is 4. The molecule has 0 amide bonds. The molecule has 136 valence electrons. The Bertz CT molecular complexity index is 823. The molecule has 0 saturated heterocycles. The molecule has 1 aromatic carbocycles. The number of rotatable bonds is 8. The number of H-pyrrole nitrogens is 1. The van der Waals surface area contributed by atoms with Gasteiger partial charge in [-0.1, -0.05) is 11.6 Å². The van der Waals surface area contributed by atoms with E-state index in [0.717, 1.165) is 0 Å². The molecule has 0 aliphatic heterocycles. The molecule has 6 nitrogen and oxygen atoms in total. The second kappa shape index (κ2) is 8.77. The number of benzene rings is 1. The van der Waals surface area contributed by atoms with E-state index in [-0.39, 0.29) is 11.8 Å². The van der Waals surface area contributed by atoms with Crippen LogP contribution in [0.5, 0.6) is 5.75 Å². The van der Waals surface area contributed by atoms with Gasteiger partial charge in [-0.25, -0.2) is 4.79 Å². The average Bonchev–Trinajstić information content (AvgIpc) is 2.54. The molecular formula is C16H18ClF2N3O3. The van der Waals surface area contributed by atoms with Crippen molar-refractivity contribution in [3.8, 4) is 5.75 Å². The number of nitrogens with one attached hydrogen (secondary N) is 2. The van der Waals surface area contributed by atoms with Crippen LogP contribution in [-0.4, -0.2) is 22.7 Å². The fourth-order valence-electron chi connectivity index (χ4n) is 2.36. The van der Waals surface area contributed by atoms with E-state index in [9.17, 15) is 18.4 Å². The van der Waals surface area contributed by atoms with Crippen LogP contribution in [0, 0.1) is 0 Å². The van der Waals surface area contributed by atoms with Gasteiger partial charge in [0.15, 0.2) is 0 Å². The maximum absolute atomic E-state index is 12.5. The molecule has 9 heteroatoms. The number of aromatic nitrogens is 2. The van der Waals surface area contributed by atoms with Crippen LogP contribution in [0.15, 0.2) is 40.1 Å². The van der Waals surface area contributed by atoms with Crippen LogP contribution in [0.3, 0.4) is 0 Å². The summed E-state index contributed by atoms with van der Waals surface area (Å²) in [6, 6.07) is 5.46. The maximum atomic E-state index is 12.5. The number of ether oxygens (including phenoxy) is 1. The minimum Gasteiger partial charge on any atom is -0.434 e. The Morgan fingerprint density at radius 3 is 2.76 bits per heavy atom. The smallest absolute Gasteiger partial charge is 0.387 e. The van der Waals surface area contributed by atoms with Gasteiger partial charge in [0, 0.05) is 35.4 Å². The summed E-state index contributed by atoms with van der Waals surface area (Å²) < 4.78 is 30.9. The van der Waals surface area contributed by atoms with Gasteiger partial charge < -0.3 is 14.6 Å². The lowest BCUT2D eigenvalue weighted by molar-refractivity contribution is -0.0506. The summed E-state index contributed by atoms with van der Waals surface area (Å²) in [6.45, 7) is -0.186. The molecular weight excluding hydrogens is 356 g/mol. The van der Waals surface area contributed by atoms with E-state index in [1.165, 1.54) is 29.0 Å². The van der Waals surface area contributed by atoms with Gasteiger partial charge in [0.2, 0.25) is 0 Å². The topological polar surface area (TPSA) is 76.1 Å². The monoisotopic (exact) mass is 373 g/mol. The molecule has 0 spiro atoms. The zero-order valence-electron chi connectivity index (χ0n) is 13.5. The number of nitrogens with zero attached hydrogens (tertiary/aromatic N) is 1. The van der Waals surface area contributed by atoms with Crippen LogP contribution in [0.25, 0.3) is 0 Å². The van der Waals surface area contributed by atoms with E-state index in [1.807, 2.05) is 0 Å². The minimum atomic E-state index is -2.92. The predicted molar refractivity (Wildman–Crippen MR) is 90.4 cm³/mol. The Morgan fingerprint density at radius 2 is 2.08 bits per heavy atom. The van der Waals surface area contributed by atoms with Gasteiger partial charge in [-0.05, 0) is 38.1 Å². The summed E-state index contributed by atoms with van der Waals surface area (Å²) in [5, 5.41) is 3.59. The van der Waals surface area contributed by atoms with E-state index in [1.54, 1.807) is 13.0 Å². The van der Waals surface area contributed by atoms with Crippen LogP contribution in [0.2, 0.25) is 5.02 Å². The molecule has 2 aromatic rings. The second-order valence-electron chi connectivity index (χ2n) is 5.39. The largest absolute Gasteiger partial charge is 0.434 e. The fourth-order valence-corrected chi connectivity index (χ4v) is 2.54. The molecule has 0 aliphatic carbocycles. The first-order valence-corrected chi connectivity index (χ1v) is 8.02. The van der Waals surface area contributed by atoms with Crippen molar-refractivity contribution in [2.75, 3.05) is 6.54 Å². The van der Waals surface area contributed by atoms with E-state index in [2.05, 4.69) is 15.0 Å². The number of aryl methyl sites for hydroxylation is 1. The highest BCUT2D eigenvalue weighted by molar-refractivity contribution is 6.30. The molecule has 0 saturated carbocycles. The summed E-state index contributed by atoms with van der Waals surface area (Å²) in [4.78, 5) is 24.7. The Labute approximate surface area is 147 Å². The lowest BCUT2D eigenvalue weighted by Gasteiger charge is -2.18. The second-order valence-corrected chi connectivity index (χ2v) is 5.83. The molecule has 2 rings (SSSR count). The first-order chi connectivity index (χ1) is 11.9. The summed E-state index contributed by atoms with van der Waals surface area (Å²) in [6.07, 6.45) is 2.03. The number of hydrogen-bond donors (Lipinski definition) is 2. The first kappa shape index (κ1) is 19.1. The maximum Gasteiger partial charge on any atom is 0.387 e. The van der Waals surface area contributed by atoms with Crippen LogP contribution in [0.4, 0.5) is 8.78 Å². The third kappa shape index (κ3) is 5.68. The van der Waals surface area contributed by atoms with Gasteiger partial charge >= 0.3 is 12.3 Å². The third-order valence-corrected chi connectivity index (χ3v) is 3.81. The number of halogens is 3. The van der Waals surface area contributed by atoms with Crippen molar-refractivity contribution in [1.82, 2.24) is 14.9 Å². The van der Waals surface area contributed by atoms with Crippen molar-refractivity contribution in [2.45, 2.75) is 32.5 Å². The summed E-state index contributed by atoms with van der Waals surface area (Å²) >= 11 is 5.93. The normalized spacial score (nSPS) is 12.4. The molecule has 1 unspecified atom stereocenters. The van der Waals surface area contributed by atoms with Gasteiger partial charge in [-0.2, -0.15) is 8.78 Å². The van der Waals surface area contributed by atoms with Gasteiger partial charge in [-0.15, -0.1) is 0 Å². The SMILES string of the molecule is CC(NCCCn1ccc(=O)[nH]c1=O)c1cc(Cl)ccc1OC(F)F. The predicted octanol–water partition coefficient (Wildman–Crippen LogP) is 2.53. The molecule has 1 aromatic heterocycles. The van der Waals surface area contributed by atoms with E-state index < -0.39 is 17.9 Å². The summed E-state index contributed by atoms with van der Waals surface area (Å²) in [5.74, 6) is 0.0660. The van der Waals surface area contributed by atoms with Gasteiger partial charge in [0.25, 0.3) is 5.56 Å².